The lowest BCUT2D eigenvalue weighted by Gasteiger charge is -2.29. The lowest BCUT2D eigenvalue weighted by Crippen LogP contribution is -2.44. The zero-order valence-corrected chi connectivity index (χ0v) is 18.8. The molecule has 0 saturated heterocycles. The van der Waals surface area contributed by atoms with E-state index in [0.717, 1.165) is 0 Å². The molecular weight excluding hydrogens is 455 g/mol. The summed E-state index contributed by atoms with van der Waals surface area (Å²) in [6, 6.07) is -0.890. The maximum Gasteiger partial charge on any atom is 0.328 e. The third-order valence-electron chi connectivity index (χ3n) is 3.73. The minimum absolute atomic E-state index is 0.129. The van der Waals surface area contributed by atoms with Crippen LogP contribution in [0.25, 0.3) is 0 Å². The predicted octanol–water partition coefficient (Wildman–Crippen LogP) is 5.34. The van der Waals surface area contributed by atoms with Gasteiger partial charge < -0.3 is 9.64 Å². The molecule has 0 aliphatic rings. The molecule has 146 valence electrons. The van der Waals surface area contributed by atoms with E-state index >= 15 is 0 Å². The summed E-state index contributed by atoms with van der Waals surface area (Å²) in [5.74, 6) is -1.78. The first-order chi connectivity index (χ1) is 11.2. The molecule has 0 aliphatic heterocycles. The van der Waals surface area contributed by atoms with Gasteiger partial charge >= 0.3 is 5.97 Å². The Morgan fingerprint density at radius 1 is 1.04 bits per heavy atom. The van der Waals surface area contributed by atoms with Crippen molar-refractivity contribution < 1.29 is 14.3 Å². The number of amides is 1. The molecule has 0 rings (SSSR count). The molecule has 0 heterocycles. The molecule has 0 saturated carbocycles. The van der Waals surface area contributed by atoms with Crippen molar-refractivity contribution >= 4 is 81.5 Å². The van der Waals surface area contributed by atoms with E-state index < -0.39 is 31.4 Å². The molecule has 0 fully saturated rings. The van der Waals surface area contributed by atoms with Crippen molar-refractivity contribution in [2.75, 3.05) is 14.2 Å². The molecule has 4 nitrogen and oxygen atoms in total. The number of hydrogen-bond acceptors (Lipinski definition) is 3. The van der Waals surface area contributed by atoms with Crippen molar-refractivity contribution in [2.45, 2.75) is 40.3 Å². The molecule has 0 bridgehead atoms. The van der Waals surface area contributed by atoms with Crippen LogP contribution in [-0.4, -0.2) is 44.6 Å². The predicted molar refractivity (Wildman–Crippen MR) is 106 cm³/mol. The molecule has 0 aromatic heterocycles. The van der Waals surface area contributed by atoms with Crippen LogP contribution in [0.15, 0.2) is 12.2 Å². The highest BCUT2D eigenvalue weighted by Gasteiger charge is 2.36. The van der Waals surface area contributed by atoms with Crippen molar-refractivity contribution in [3.05, 3.63) is 12.2 Å². The molecule has 10 heteroatoms. The maximum atomic E-state index is 12.3. The number of carbonyl (C=O) groups excluding carboxylic acids is 2. The molecule has 0 aromatic carbocycles. The SMILES string of the molecule is COC(=O)[C@H](C[C@H](C)C(Cl)(Cl)Cl)N(C)C(=O)/C=C/CC(C)C(Cl)(Cl)Cl. The maximum absolute atomic E-state index is 12.3. The third-order valence-corrected chi connectivity index (χ3v) is 5.97. The highest BCUT2D eigenvalue weighted by atomic mass is 35.6. The second-order valence-corrected chi connectivity index (χ2v) is 10.5. The number of allylic oxidation sites excluding steroid dienone is 1. The molecule has 1 unspecified atom stereocenters. The smallest absolute Gasteiger partial charge is 0.328 e. The Kier molecular flexibility index (Phi) is 10.9. The Hall–Kier alpha value is 0.420. The molecule has 0 radical (unpaired) electrons. The van der Waals surface area contributed by atoms with Gasteiger partial charge in [0.2, 0.25) is 5.91 Å². The Bertz CT molecular complexity index is 487. The molecule has 3 atom stereocenters. The summed E-state index contributed by atoms with van der Waals surface area (Å²) in [7, 11) is 2.70. The molecule has 25 heavy (non-hydrogen) atoms. The van der Waals surface area contributed by atoms with Crippen LogP contribution in [-0.2, 0) is 14.3 Å². The van der Waals surface area contributed by atoms with Crippen LogP contribution in [0.4, 0.5) is 0 Å². The number of nitrogens with zero attached hydrogens (tertiary/aromatic N) is 1. The van der Waals surface area contributed by atoms with Gasteiger partial charge in [-0.1, -0.05) is 89.5 Å². The van der Waals surface area contributed by atoms with Gasteiger partial charge in [-0.25, -0.2) is 4.79 Å². The fraction of sp³-hybridized carbons (Fsp3) is 0.733. The Labute approximate surface area is 178 Å². The lowest BCUT2D eigenvalue weighted by molar-refractivity contribution is -0.151. The van der Waals surface area contributed by atoms with Crippen LogP contribution in [0.5, 0.6) is 0 Å². The van der Waals surface area contributed by atoms with E-state index in [1.165, 1.54) is 25.1 Å². The summed E-state index contributed by atoms with van der Waals surface area (Å²) in [5, 5.41) is 0. The van der Waals surface area contributed by atoms with Crippen LogP contribution in [0.2, 0.25) is 0 Å². The number of carbonyl (C=O) groups is 2. The van der Waals surface area contributed by atoms with Gasteiger partial charge in [0.25, 0.3) is 0 Å². The average Bonchev–Trinajstić information content (AvgIpc) is 2.48. The van der Waals surface area contributed by atoms with Crippen molar-refractivity contribution in [3.8, 4) is 0 Å². The van der Waals surface area contributed by atoms with E-state index in [1.54, 1.807) is 19.9 Å². The Morgan fingerprint density at radius 3 is 1.92 bits per heavy atom. The fourth-order valence-electron chi connectivity index (χ4n) is 1.79. The summed E-state index contributed by atoms with van der Waals surface area (Å²) in [5.41, 5.74) is 0. The number of hydrogen-bond donors (Lipinski definition) is 0. The van der Waals surface area contributed by atoms with Gasteiger partial charge in [0.05, 0.1) is 7.11 Å². The zero-order chi connectivity index (χ0) is 20.0. The summed E-state index contributed by atoms with van der Waals surface area (Å²) in [4.78, 5) is 25.5. The Morgan fingerprint density at radius 2 is 1.52 bits per heavy atom. The van der Waals surface area contributed by atoms with Crippen molar-refractivity contribution in [3.63, 3.8) is 0 Å². The fourth-order valence-corrected chi connectivity index (χ4v) is 2.33. The number of methoxy groups -OCH3 is 1. The second kappa shape index (κ2) is 10.7. The first kappa shape index (κ1) is 25.4. The highest BCUT2D eigenvalue weighted by molar-refractivity contribution is 6.68. The number of esters is 1. The van der Waals surface area contributed by atoms with Crippen molar-refractivity contribution in [1.82, 2.24) is 4.90 Å². The van der Waals surface area contributed by atoms with Gasteiger partial charge in [-0.3, -0.25) is 4.79 Å². The van der Waals surface area contributed by atoms with Gasteiger partial charge in [0.15, 0.2) is 7.59 Å². The zero-order valence-electron chi connectivity index (χ0n) is 14.2. The average molecular weight is 476 g/mol. The van der Waals surface area contributed by atoms with E-state index in [0.29, 0.717) is 6.42 Å². The van der Waals surface area contributed by atoms with Crippen molar-refractivity contribution in [2.24, 2.45) is 11.8 Å². The van der Waals surface area contributed by atoms with E-state index in [-0.39, 0.29) is 12.3 Å². The van der Waals surface area contributed by atoms with Crippen LogP contribution in [0.3, 0.4) is 0 Å². The van der Waals surface area contributed by atoms with Crippen LogP contribution >= 0.6 is 69.6 Å². The van der Waals surface area contributed by atoms with Gasteiger partial charge in [0.1, 0.15) is 6.04 Å². The molecule has 0 aromatic rings. The first-order valence-corrected chi connectivity index (χ1v) is 9.63. The standard InChI is InChI=1S/C15H21Cl6NO3/c1-9(14(16,17)18)6-5-7-12(23)22(3)11(13(24)25-4)8-10(2)15(19,20)21/h5,7,9-11H,6,8H2,1-4H3/b7-5+/t9?,10-,11-/m0/s1. The summed E-state index contributed by atoms with van der Waals surface area (Å²) in [6.45, 7) is 3.41. The minimum atomic E-state index is -1.56. The topological polar surface area (TPSA) is 46.6 Å². The van der Waals surface area contributed by atoms with Gasteiger partial charge in [-0.2, -0.15) is 0 Å². The van der Waals surface area contributed by atoms with E-state index in [1.807, 2.05) is 0 Å². The summed E-state index contributed by atoms with van der Waals surface area (Å²) < 4.78 is 1.76. The highest BCUT2D eigenvalue weighted by Crippen LogP contribution is 2.38. The van der Waals surface area contributed by atoms with E-state index in [9.17, 15) is 9.59 Å². The Balaban J connectivity index is 5.04. The molecule has 1 amide bonds. The quantitative estimate of drug-likeness (QED) is 0.284. The lowest BCUT2D eigenvalue weighted by atomic mass is 10.0. The molecule has 0 N–H and O–H groups in total. The molecule has 0 spiro atoms. The molecular formula is C15H21Cl6NO3. The number of rotatable bonds is 7. The first-order valence-electron chi connectivity index (χ1n) is 7.36. The van der Waals surface area contributed by atoms with Crippen LogP contribution in [0.1, 0.15) is 26.7 Å². The van der Waals surface area contributed by atoms with Gasteiger partial charge in [-0.15, -0.1) is 0 Å². The normalized spacial score (nSPS) is 16.4. The number of alkyl halides is 6. The monoisotopic (exact) mass is 473 g/mol. The summed E-state index contributed by atoms with van der Waals surface area (Å²) >= 11 is 34.9. The minimum Gasteiger partial charge on any atom is -0.467 e. The van der Waals surface area contributed by atoms with E-state index in [4.69, 9.17) is 74.3 Å². The number of ether oxygens (including phenoxy) is 1. The van der Waals surface area contributed by atoms with Gasteiger partial charge in [0, 0.05) is 18.9 Å². The number of halogens is 6. The van der Waals surface area contributed by atoms with Crippen LogP contribution in [0, 0.1) is 11.8 Å². The summed E-state index contributed by atoms with van der Waals surface area (Å²) in [6.07, 6.45) is 3.40. The van der Waals surface area contributed by atoms with Gasteiger partial charge in [-0.05, 0) is 18.9 Å². The third kappa shape index (κ3) is 9.25. The molecule has 0 aliphatic carbocycles. The number of likely N-dealkylation sites (N-methyl/N-ethyl adjacent to an activating group) is 1. The second-order valence-electron chi connectivity index (χ2n) is 5.75. The van der Waals surface area contributed by atoms with Crippen LogP contribution < -0.4 is 0 Å². The largest absolute Gasteiger partial charge is 0.467 e. The van der Waals surface area contributed by atoms with Crippen molar-refractivity contribution in [1.29, 1.82) is 0 Å². The van der Waals surface area contributed by atoms with E-state index in [2.05, 4.69) is 0 Å².